The number of benzene rings is 4. The second-order valence-corrected chi connectivity index (χ2v) is 10.3. The number of hydrogen-bond donors (Lipinski definition) is 0. The van der Waals surface area contributed by atoms with Gasteiger partial charge >= 0.3 is 0 Å². The highest BCUT2D eigenvalue weighted by atomic mass is 16.1. The molecule has 5 heteroatoms. The van der Waals surface area contributed by atoms with Crippen molar-refractivity contribution in [1.29, 1.82) is 0 Å². The highest BCUT2D eigenvalue weighted by Crippen LogP contribution is 2.41. The van der Waals surface area contributed by atoms with Crippen LogP contribution in [-0.2, 0) is 12.1 Å². The van der Waals surface area contributed by atoms with Crippen molar-refractivity contribution in [3.8, 4) is 0 Å². The zero-order valence-electron chi connectivity index (χ0n) is 22.7. The van der Waals surface area contributed by atoms with Crippen LogP contribution in [-0.4, -0.2) is 19.1 Å². The summed E-state index contributed by atoms with van der Waals surface area (Å²) < 4.78 is 3.98. The van der Waals surface area contributed by atoms with Crippen molar-refractivity contribution in [1.82, 2.24) is 19.1 Å². The summed E-state index contributed by atoms with van der Waals surface area (Å²) in [6.45, 7) is 2.45. The van der Waals surface area contributed by atoms with Crippen molar-refractivity contribution in [2.24, 2.45) is 0 Å². The van der Waals surface area contributed by atoms with Gasteiger partial charge in [0.15, 0.2) is 0 Å². The first-order valence-corrected chi connectivity index (χ1v) is 13.7. The molecule has 4 aromatic carbocycles. The van der Waals surface area contributed by atoms with E-state index in [1.54, 1.807) is 4.57 Å². The highest BCUT2D eigenvalue weighted by molar-refractivity contribution is 5.92. The van der Waals surface area contributed by atoms with E-state index in [1.165, 1.54) is 0 Å². The topological polar surface area (TPSA) is 52.7 Å². The molecule has 0 amide bonds. The van der Waals surface area contributed by atoms with Crippen LogP contribution in [0.2, 0.25) is 0 Å². The van der Waals surface area contributed by atoms with Crippen molar-refractivity contribution < 1.29 is 0 Å². The minimum Gasteiger partial charge on any atom is -0.316 e. The molecular weight excluding hydrogens is 504 g/mol. The summed E-state index contributed by atoms with van der Waals surface area (Å²) in [6, 6.07) is 43.4. The lowest BCUT2D eigenvalue weighted by atomic mass is 9.76. The average molecular weight is 533 g/mol. The van der Waals surface area contributed by atoms with E-state index in [0.717, 1.165) is 39.0 Å². The first-order chi connectivity index (χ1) is 20.2. The molecule has 0 saturated heterocycles. The molecule has 3 aromatic heterocycles. The van der Waals surface area contributed by atoms with Crippen molar-refractivity contribution in [2.45, 2.75) is 19.0 Å². The van der Waals surface area contributed by atoms with Gasteiger partial charge in [-0.15, -0.1) is 0 Å². The van der Waals surface area contributed by atoms with E-state index in [1.807, 2.05) is 67.1 Å². The lowest BCUT2D eigenvalue weighted by molar-refractivity contribution is 0.502. The van der Waals surface area contributed by atoms with Gasteiger partial charge < -0.3 is 9.13 Å². The van der Waals surface area contributed by atoms with Gasteiger partial charge in [0.1, 0.15) is 5.54 Å². The van der Waals surface area contributed by atoms with Crippen molar-refractivity contribution in [3.05, 3.63) is 178 Å². The van der Waals surface area contributed by atoms with Crippen LogP contribution in [0.4, 0.5) is 0 Å². The summed E-state index contributed by atoms with van der Waals surface area (Å²) in [5.41, 5.74) is 6.07. The van der Waals surface area contributed by atoms with Crippen LogP contribution in [0.1, 0.15) is 28.1 Å². The normalized spacial score (nSPS) is 11.7. The van der Waals surface area contributed by atoms with Crippen LogP contribution in [0, 0.1) is 6.92 Å². The van der Waals surface area contributed by atoms with Crippen LogP contribution in [0.3, 0.4) is 0 Å². The summed E-state index contributed by atoms with van der Waals surface area (Å²) in [4.78, 5) is 23.3. The lowest BCUT2D eigenvalue weighted by Gasteiger charge is -2.38. The summed E-state index contributed by atoms with van der Waals surface area (Å²) >= 11 is 0. The zero-order chi connectivity index (χ0) is 27.8. The van der Waals surface area contributed by atoms with E-state index in [-0.39, 0.29) is 5.56 Å². The highest BCUT2D eigenvalue weighted by Gasteiger charge is 2.39. The Hall–Kier alpha value is -5.29. The van der Waals surface area contributed by atoms with Crippen LogP contribution < -0.4 is 5.56 Å². The predicted molar refractivity (Wildman–Crippen MR) is 164 cm³/mol. The molecule has 0 fully saturated rings. The lowest BCUT2D eigenvalue weighted by Crippen LogP contribution is -2.38. The van der Waals surface area contributed by atoms with Gasteiger partial charge in [-0.1, -0.05) is 109 Å². The number of fused-ring (bicyclic) bond motifs is 2. The molecule has 41 heavy (non-hydrogen) atoms. The molecule has 198 valence electrons. The molecule has 0 unspecified atom stereocenters. The number of rotatable bonds is 6. The largest absolute Gasteiger partial charge is 0.316 e. The Morgan fingerprint density at radius 2 is 1.24 bits per heavy atom. The van der Waals surface area contributed by atoms with Crippen molar-refractivity contribution in [2.75, 3.05) is 0 Å². The van der Waals surface area contributed by atoms with Gasteiger partial charge in [-0.05, 0) is 41.8 Å². The average Bonchev–Trinajstić information content (AvgIpc) is 3.39. The second-order valence-electron chi connectivity index (χ2n) is 10.3. The van der Waals surface area contributed by atoms with Crippen molar-refractivity contribution in [3.63, 3.8) is 0 Å². The van der Waals surface area contributed by atoms with Gasteiger partial charge in [0.05, 0.1) is 35.0 Å². The third kappa shape index (κ3) is 4.05. The van der Waals surface area contributed by atoms with Gasteiger partial charge in [-0.25, -0.2) is 9.97 Å². The number of pyridine rings is 2. The molecule has 0 radical (unpaired) electrons. The van der Waals surface area contributed by atoms with Crippen molar-refractivity contribution >= 4 is 21.8 Å². The smallest absolute Gasteiger partial charge is 0.260 e. The van der Waals surface area contributed by atoms with E-state index in [4.69, 9.17) is 9.97 Å². The number of aromatic nitrogens is 4. The fourth-order valence-corrected chi connectivity index (χ4v) is 5.99. The molecule has 0 aliphatic rings. The third-order valence-corrected chi connectivity index (χ3v) is 8.02. The van der Waals surface area contributed by atoms with Gasteiger partial charge in [0.25, 0.3) is 5.56 Å². The number of nitrogens with zero attached hydrogens (tertiary/aromatic N) is 4. The molecule has 0 atom stereocenters. The Balaban J connectivity index is 1.40. The first kappa shape index (κ1) is 24.7. The maximum atomic E-state index is 13.6. The van der Waals surface area contributed by atoms with E-state index in [9.17, 15) is 4.79 Å². The molecule has 5 nitrogen and oxygen atoms in total. The van der Waals surface area contributed by atoms with E-state index in [2.05, 4.69) is 84.3 Å². The van der Waals surface area contributed by atoms with Crippen LogP contribution >= 0.6 is 0 Å². The van der Waals surface area contributed by atoms with Gasteiger partial charge in [-0.2, -0.15) is 0 Å². The summed E-state index contributed by atoms with van der Waals surface area (Å²) in [5.74, 6) is 0. The molecule has 0 aliphatic carbocycles. The predicted octanol–water partition coefficient (Wildman–Crippen LogP) is 6.94. The van der Waals surface area contributed by atoms with E-state index in [0.29, 0.717) is 17.4 Å². The van der Waals surface area contributed by atoms with E-state index < -0.39 is 5.54 Å². The zero-order valence-corrected chi connectivity index (χ0v) is 22.7. The maximum absolute atomic E-state index is 13.6. The fraction of sp³-hybridized carbons (Fsp3) is 0.0833. The molecule has 3 heterocycles. The molecule has 0 bridgehead atoms. The number of para-hydroxylation sites is 1. The summed E-state index contributed by atoms with van der Waals surface area (Å²) in [7, 11) is 0. The monoisotopic (exact) mass is 532 g/mol. The van der Waals surface area contributed by atoms with Gasteiger partial charge in [-0.3, -0.25) is 4.79 Å². The number of imidazole rings is 1. The van der Waals surface area contributed by atoms with Crippen LogP contribution in [0.25, 0.3) is 21.8 Å². The SMILES string of the molecule is Cc1c(Cn2ccc3nc4ccccc4cc3c2=O)ncn1C(c1ccccc1)(c1ccccc1)c1ccccc1. The summed E-state index contributed by atoms with van der Waals surface area (Å²) in [5, 5.41) is 1.56. The Labute approximate surface area is 238 Å². The van der Waals surface area contributed by atoms with Gasteiger partial charge in [0.2, 0.25) is 0 Å². The van der Waals surface area contributed by atoms with Crippen LogP contribution in [0.5, 0.6) is 0 Å². The second kappa shape index (κ2) is 10.0. The molecule has 7 aromatic rings. The summed E-state index contributed by atoms with van der Waals surface area (Å²) in [6.07, 6.45) is 3.74. The van der Waals surface area contributed by atoms with E-state index >= 15 is 0 Å². The standard InChI is InChI=1S/C36H28N4O/c1-26-34(24-39-22-21-33-31(35(39)41)23-27-13-11-12-20-32(27)38-33)37-25-40(26)36(28-14-5-2-6-15-28,29-16-7-3-8-17-29)30-18-9-4-10-19-30/h2-23,25H,24H2,1H3. The molecular formula is C36H28N4O. The number of hydrogen-bond acceptors (Lipinski definition) is 3. The Morgan fingerprint density at radius 3 is 1.85 bits per heavy atom. The maximum Gasteiger partial charge on any atom is 0.260 e. The first-order valence-electron chi connectivity index (χ1n) is 13.7. The minimum absolute atomic E-state index is 0.0739. The molecule has 7 rings (SSSR count). The molecule has 0 aliphatic heterocycles. The Kier molecular flexibility index (Phi) is 6.05. The Bertz CT molecular complexity index is 1950. The molecule has 0 spiro atoms. The van der Waals surface area contributed by atoms with Gasteiger partial charge in [0, 0.05) is 17.3 Å². The molecule has 0 N–H and O–H groups in total. The minimum atomic E-state index is -0.656. The third-order valence-electron chi connectivity index (χ3n) is 8.02. The fourth-order valence-electron chi connectivity index (χ4n) is 5.99. The molecule has 0 saturated carbocycles. The quantitative estimate of drug-likeness (QED) is 0.172. The van der Waals surface area contributed by atoms with Crippen LogP contribution in [0.15, 0.2) is 145 Å². The Morgan fingerprint density at radius 1 is 0.683 bits per heavy atom.